The van der Waals surface area contributed by atoms with E-state index in [1.54, 1.807) is 0 Å². The molecule has 0 aliphatic heterocycles. The highest BCUT2D eigenvalue weighted by molar-refractivity contribution is 5.64. The Hall–Kier alpha value is -3.33. The first kappa shape index (κ1) is 27.7. The summed E-state index contributed by atoms with van der Waals surface area (Å²) in [6.45, 7) is 18.3. The minimum Gasteiger partial charge on any atom is -0.378 e. The van der Waals surface area contributed by atoms with Crippen molar-refractivity contribution >= 4 is 5.69 Å². The van der Waals surface area contributed by atoms with E-state index in [1.807, 2.05) is 0 Å². The van der Waals surface area contributed by atoms with Crippen LogP contribution in [0, 0.1) is 6.20 Å². The van der Waals surface area contributed by atoms with Gasteiger partial charge in [0.25, 0.3) is 0 Å². The van der Waals surface area contributed by atoms with Crippen LogP contribution in [-0.2, 0) is 0 Å². The van der Waals surface area contributed by atoms with Crippen LogP contribution < -0.4 is 9.47 Å². The summed E-state index contributed by atoms with van der Waals surface area (Å²) in [5.41, 5.74) is 10.3. The molecule has 0 atom stereocenters. The van der Waals surface area contributed by atoms with Gasteiger partial charge in [-0.3, -0.25) is 4.57 Å². The van der Waals surface area contributed by atoms with Gasteiger partial charge in [-0.2, -0.15) is 0 Å². The number of anilines is 1. The standard InChI is InChI=1S/C35H45N3/c1-23(2)29-13-11-14-30(24(3)4)33(29)37-21-22-38(35(37)27-17-19-28(20-18-27)36(9)10)34-31(25(5)6)15-12-16-32(34)26(7)8/h11-21,23-26H,1-10H3. The third kappa shape index (κ3) is 5.16. The predicted molar refractivity (Wildman–Crippen MR) is 162 cm³/mol. The molecule has 0 saturated carbocycles. The van der Waals surface area contributed by atoms with Crippen LogP contribution in [0.25, 0.3) is 22.8 Å². The lowest BCUT2D eigenvalue weighted by atomic mass is 9.92. The molecule has 1 heterocycles. The van der Waals surface area contributed by atoms with Crippen molar-refractivity contribution in [2.24, 2.45) is 0 Å². The van der Waals surface area contributed by atoms with Crippen LogP contribution >= 0.6 is 0 Å². The number of hydrogen-bond acceptors (Lipinski definition) is 1. The molecule has 1 aromatic heterocycles. The zero-order valence-corrected chi connectivity index (χ0v) is 25.0. The maximum atomic E-state index is 3.72. The second-order valence-electron chi connectivity index (χ2n) is 11.9. The monoisotopic (exact) mass is 507 g/mol. The highest BCUT2D eigenvalue weighted by Gasteiger charge is 2.25. The lowest BCUT2D eigenvalue weighted by molar-refractivity contribution is -0.588. The molecule has 0 amide bonds. The fourth-order valence-corrected chi connectivity index (χ4v) is 5.42. The first-order valence-electron chi connectivity index (χ1n) is 14.1. The van der Waals surface area contributed by atoms with Gasteiger partial charge in [0.15, 0.2) is 5.82 Å². The molecule has 3 nitrogen and oxygen atoms in total. The molecule has 0 saturated heterocycles. The van der Waals surface area contributed by atoms with E-state index in [4.69, 9.17) is 0 Å². The van der Waals surface area contributed by atoms with Crippen molar-refractivity contribution in [2.75, 3.05) is 19.0 Å². The molecule has 0 radical (unpaired) electrons. The van der Waals surface area contributed by atoms with Gasteiger partial charge in [0, 0.05) is 42.2 Å². The molecule has 4 rings (SSSR count). The molecule has 0 aliphatic carbocycles. The SMILES string of the molecule is CC(C)c1cccc(C(C)C)c1-n1c[c-][n+](-c2c(C(C)C)cccc2C(C)C)c1-c1ccc(N(C)C)cc1. The quantitative estimate of drug-likeness (QED) is 0.171. The molecule has 4 aromatic rings. The summed E-state index contributed by atoms with van der Waals surface area (Å²) < 4.78 is 4.73. The van der Waals surface area contributed by atoms with Gasteiger partial charge in [0.05, 0.1) is 12.4 Å². The summed E-state index contributed by atoms with van der Waals surface area (Å²) in [5, 5.41) is 0. The number of para-hydroxylation sites is 2. The van der Waals surface area contributed by atoms with Crippen molar-refractivity contribution in [1.29, 1.82) is 0 Å². The number of benzene rings is 3. The maximum absolute atomic E-state index is 3.72. The van der Waals surface area contributed by atoms with Crippen LogP contribution in [0.2, 0.25) is 0 Å². The molecule has 3 aromatic carbocycles. The summed E-state index contributed by atoms with van der Waals surface area (Å²) in [4.78, 5) is 2.15. The molecule has 0 fully saturated rings. The lowest BCUT2D eigenvalue weighted by Gasteiger charge is -2.25. The third-order valence-corrected chi connectivity index (χ3v) is 7.55. The van der Waals surface area contributed by atoms with E-state index in [0.29, 0.717) is 23.7 Å². The van der Waals surface area contributed by atoms with Crippen molar-refractivity contribution in [3.05, 3.63) is 95.3 Å². The highest BCUT2D eigenvalue weighted by atomic mass is 15.2. The van der Waals surface area contributed by atoms with E-state index in [-0.39, 0.29) is 0 Å². The molecule has 200 valence electrons. The molecule has 0 bridgehead atoms. The minimum atomic E-state index is 0.395. The normalized spacial score (nSPS) is 11.8. The number of rotatable bonds is 8. The zero-order chi connectivity index (χ0) is 27.7. The topological polar surface area (TPSA) is 12.0 Å². The van der Waals surface area contributed by atoms with E-state index in [1.165, 1.54) is 44.9 Å². The van der Waals surface area contributed by atoms with Crippen LogP contribution in [0.5, 0.6) is 0 Å². The van der Waals surface area contributed by atoms with E-state index in [2.05, 4.69) is 157 Å². The molecule has 0 unspecified atom stereocenters. The number of aromatic nitrogens is 2. The van der Waals surface area contributed by atoms with E-state index in [9.17, 15) is 0 Å². The first-order valence-corrected chi connectivity index (χ1v) is 14.1. The second kappa shape index (κ2) is 11.2. The Kier molecular flexibility index (Phi) is 8.16. The van der Waals surface area contributed by atoms with Crippen molar-refractivity contribution in [3.63, 3.8) is 0 Å². The zero-order valence-electron chi connectivity index (χ0n) is 25.0. The summed E-state index contributed by atoms with van der Waals surface area (Å²) in [6.07, 6.45) is 5.87. The smallest absolute Gasteiger partial charge is 0.190 e. The Morgan fingerprint density at radius 2 is 1.08 bits per heavy atom. The van der Waals surface area contributed by atoms with Gasteiger partial charge in [-0.15, -0.1) is 0 Å². The summed E-state index contributed by atoms with van der Waals surface area (Å²) in [6, 6.07) is 22.5. The van der Waals surface area contributed by atoms with Crippen LogP contribution in [0.15, 0.2) is 66.9 Å². The predicted octanol–water partition coefficient (Wildman–Crippen LogP) is 8.78. The Balaban J connectivity index is 2.14. The summed E-state index contributed by atoms with van der Waals surface area (Å²) in [5.74, 6) is 2.73. The maximum Gasteiger partial charge on any atom is 0.190 e. The van der Waals surface area contributed by atoms with Gasteiger partial charge in [0.2, 0.25) is 0 Å². The van der Waals surface area contributed by atoms with E-state index in [0.717, 1.165) is 5.82 Å². The summed E-state index contributed by atoms with van der Waals surface area (Å²) in [7, 11) is 4.18. The van der Waals surface area contributed by atoms with Gasteiger partial charge < -0.3 is 9.47 Å². The molecular formula is C35H45N3. The van der Waals surface area contributed by atoms with Crippen LogP contribution in [-0.4, -0.2) is 18.7 Å². The lowest BCUT2D eigenvalue weighted by Crippen LogP contribution is -2.36. The van der Waals surface area contributed by atoms with Crippen molar-refractivity contribution in [2.45, 2.75) is 79.1 Å². The van der Waals surface area contributed by atoms with Crippen molar-refractivity contribution < 1.29 is 4.57 Å². The Labute approximate surface area is 230 Å². The molecule has 38 heavy (non-hydrogen) atoms. The molecular weight excluding hydrogens is 462 g/mol. The first-order chi connectivity index (χ1) is 18.0. The van der Waals surface area contributed by atoms with Gasteiger partial charge >= 0.3 is 0 Å². The van der Waals surface area contributed by atoms with Gasteiger partial charge in [-0.25, -0.2) is 0 Å². The fourth-order valence-electron chi connectivity index (χ4n) is 5.42. The molecule has 0 aliphatic rings. The minimum absolute atomic E-state index is 0.395. The summed E-state index contributed by atoms with van der Waals surface area (Å²) >= 11 is 0. The van der Waals surface area contributed by atoms with Crippen LogP contribution in [0.4, 0.5) is 5.69 Å². The Morgan fingerprint density at radius 1 is 0.632 bits per heavy atom. The number of nitrogens with zero attached hydrogens (tertiary/aromatic N) is 3. The van der Waals surface area contributed by atoms with Crippen molar-refractivity contribution in [3.8, 4) is 22.8 Å². The number of imidazole rings is 1. The average Bonchev–Trinajstić information content (AvgIpc) is 3.32. The fraction of sp³-hybridized carbons (Fsp3) is 0.400. The van der Waals surface area contributed by atoms with E-state index >= 15 is 0 Å². The van der Waals surface area contributed by atoms with Gasteiger partial charge in [-0.1, -0.05) is 115 Å². The Morgan fingerprint density at radius 3 is 1.50 bits per heavy atom. The average molecular weight is 508 g/mol. The van der Waals surface area contributed by atoms with Crippen molar-refractivity contribution in [1.82, 2.24) is 4.57 Å². The molecule has 3 heteroatoms. The third-order valence-electron chi connectivity index (χ3n) is 7.55. The number of hydrogen-bond donors (Lipinski definition) is 0. The van der Waals surface area contributed by atoms with Gasteiger partial charge in [0.1, 0.15) is 5.69 Å². The second-order valence-corrected chi connectivity index (χ2v) is 11.9. The van der Waals surface area contributed by atoms with Gasteiger partial charge in [-0.05, 0) is 35.8 Å². The Bertz CT molecular complexity index is 1250. The molecule has 0 spiro atoms. The van der Waals surface area contributed by atoms with Crippen LogP contribution in [0.1, 0.15) is 101 Å². The highest BCUT2D eigenvalue weighted by Crippen LogP contribution is 2.36. The largest absolute Gasteiger partial charge is 0.378 e. The van der Waals surface area contributed by atoms with Crippen LogP contribution in [0.3, 0.4) is 0 Å². The molecule has 0 N–H and O–H groups in total. The van der Waals surface area contributed by atoms with E-state index < -0.39 is 0 Å².